The Balaban J connectivity index is 1.87. The highest BCUT2D eigenvalue weighted by molar-refractivity contribution is 9.10. The Morgan fingerprint density at radius 2 is 1.76 bits per heavy atom. The summed E-state index contributed by atoms with van der Waals surface area (Å²) in [7, 11) is 1.29. The molecule has 0 saturated heterocycles. The summed E-state index contributed by atoms with van der Waals surface area (Å²) in [6.45, 7) is 7.55. The first-order valence-electron chi connectivity index (χ1n) is 10.7. The number of halogens is 1. The molecule has 4 rings (SSSR count). The SMILES string of the molecule is COC(=O)c1cc(Br)c2ccn(Cc3cc4c(C)cccc4n3C(=O)OC(C)(C)C)c(=O)c2c1. The summed E-state index contributed by atoms with van der Waals surface area (Å²) >= 11 is 3.44. The number of aromatic nitrogens is 2. The fourth-order valence-electron chi connectivity index (χ4n) is 3.96. The van der Waals surface area contributed by atoms with Gasteiger partial charge in [0.1, 0.15) is 5.60 Å². The van der Waals surface area contributed by atoms with Crippen LogP contribution >= 0.6 is 15.9 Å². The van der Waals surface area contributed by atoms with Gasteiger partial charge in [-0.2, -0.15) is 0 Å². The van der Waals surface area contributed by atoms with E-state index in [0.717, 1.165) is 10.9 Å². The Morgan fingerprint density at radius 3 is 2.44 bits per heavy atom. The van der Waals surface area contributed by atoms with Gasteiger partial charge in [-0.05, 0) is 63.6 Å². The number of benzene rings is 2. The second-order valence-corrected chi connectivity index (χ2v) is 9.97. The van der Waals surface area contributed by atoms with Gasteiger partial charge in [0.15, 0.2) is 0 Å². The molecule has 8 heteroatoms. The number of carbonyl (C=O) groups excluding carboxylic acids is 2. The van der Waals surface area contributed by atoms with Crippen molar-refractivity contribution in [2.24, 2.45) is 0 Å². The predicted octanol–water partition coefficient (Wildman–Crippen LogP) is 5.65. The molecule has 4 aromatic rings. The standard InChI is InChI=1S/C26H25BrN2O5/c1-15-7-6-8-22-19(15)13-17(29(22)25(32)34-26(2,3)4)14-28-10-9-18-20(23(28)30)11-16(12-21(18)27)24(31)33-5/h6-13H,14H2,1-5H3. The number of rotatable bonds is 3. The van der Waals surface area contributed by atoms with Crippen molar-refractivity contribution < 1.29 is 19.1 Å². The van der Waals surface area contributed by atoms with Crippen LogP contribution in [0.4, 0.5) is 4.79 Å². The van der Waals surface area contributed by atoms with Crippen LogP contribution in [0.2, 0.25) is 0 Å². The number of esters is 1. The molecular weight excluding hydrogens is 500 g/mol. The summed E-state index contributed by atoms with van der Waals surface area (Å²) in [6.07, 6.45) is 1.17. The molecule has 0 bridgehead atoms. The summed E-state index contributed by atoms with van der Waals surface area (Å²) in [6, 6.07) is 12.6. The largest absolute Gasteiger partial charge is 0.465 e. The van der Waals surface area contributed by atoms with Crippen molar-refractivity contribution in [2.75, 3.05) is 7.11 Å². The van der Waals surface area contributed by atoms with Crippen LogP contribution < -0.4 is 5.56 Å². The molecule has 0 aliphatic heterocycles. The van der Waals surface area contributed by atoms with Gasteiger partial charge in [-0.25, -0.2) is 14.2 Å². The molecule has 7 nitrogen and oxygen atoms in total. The van der Waals surface area contributed by atoms with Gasteiger partial charge in [0, 0.05) is 26.8 Å². The summed E-state index contributed by atoms with van der Waals surface area (Å²) in [5.41, 5.74) is 1.65. The van der Waals surface area contributed by atoms with E-state index in [2.05, 4.69) is 15.9 Å². The van der Waals surface area contributed by atoms with Crippen molar-refractivity contribution in [1.29, 1.82) is 0 Å². The third-order valence-corrected chi connectivity index (χ3v) is 6.17. The van der Waals surface area contributed by atoms with Crippen molar-refractivity contribution >= 4 is 49.7 Å². The highest BCUT2D eigenvalue weighted by atomic mass is 79.9. The third kappa shape index (κ3) is 4.37. The van der Waals surface area contributed by atoms with Crippen molar-refractivity contribution in [3.63, 3.8) is 0 Å². The Bertz CT molecular complexity index is 1510. The zero-order valence-electron chi connectivity index (χ0n) is 19.6. The number of hydrogen-bond acceptors (Lipinski definition) is 5. The molecule has 0 amide bonds. The molecule has 0 unspecified atom stereocenters. The van der Waals surface area contributed by atoms with Crippen LogP contribution in [-0.4, -0.2) is 33.9 Å². The average molecular weight is 525 g/mol. The minimum absolute atomic E-state index is 0.141. The summed E-state index contributed by atoms with van der Waals surface area (Å²) < 4.78 is 14.1. The lowest BCUT2D eigenvalue weighted by Gasteiger charge is -2.21. The van der Waals surface area contributed by atoms with E-state index in [1.807, 2.05) is 52.0 Å². The second-order valence-electron chi connectivity index (χ2n) is 9.12. The lowest BCUT2D eigenvalue weighted by Crippen LogP contribution is -2.29. The normalized spacial score (nSPS) is 11.7. The molecular formula is C26H25BrN2O5. The van der Waals surface area contributed by atoms with Gasteiger partial charge in [0.2, 0.25) is 0 Å². The summed E-state index contributed by atoms with van der Waals surface area (Å²) in [5, 5.41) is 1.96. The highest BCUT2D eigenvalue weighted by Gasteiger charge is 2.23. The zero-order chi connectivity index (χ0) is 24.8. The Kier molecular flexibility index (Phi) is 6.12. The molecule has 2 aromatic carbocycles. The van der Waals surface area contributed by atoms with E-state index in [-0.39, 0.29) is 17.7 Å². The van der Waals surface area contributed by atoms with Crippen LogP contribution in [0.25, 0.3) is 21.7 Å². The number of ether oxygens (including phenoxy) is 2. The van der Waals surface area contributed by atoms with Crippen LogP contribution in [0.15, 0.2) is 57.9 Å². The lowest BCUT2D eigenvalue weighted by atomic mass is 10.1. The lowest BCUT2D eigenvalue weighted by molar-refractivity contribution is 0.0538. The molecule has 0 N–H and O–H groups in total. The number of carbonyl (C=O) groups is 2. The van der Waals surface area contributed by atoms with E-state index in [1.54, 1.807) is 18.3 Å². The van der Waals surface area contributed by atoms with Crippen molar-refractivity contribution in [1.82, 2.24) is 9.13 Å². The molecule has 0 radical (unpaired) electrons. The smallest absolute Gasteiger partial charge is 0.419 e. The molecule has 0 fully saturated rings. The van der Waals surface area contributed by atoms with Crippen molar-refractivity contribution in [3.8, 4) is 0 Å². The predicted molar refractivity (Wildman–Crippen MR) is 135 cm³/mol. The maximum absolute atomic E-state index is 13.4. The number of methoxy groups -OCH3 is 1. The van der Waals surface area contributed by atoms with E-state index >= 15 is 0 Å². The van der Waals surface area contributed by atoms with Crippen molar-refractivity contribution in [2.45, 2.75) is 39.8 Å². The Morgan fingerprint density at radius 1 is 1.03 bits per heavy atom. The number of fused-ring (bicyclic) bond motifs is 2. The van der Waals surface area contributed by atoms with E-state index in [9.17, 15) is 14.4 Å². The van der Waals surface area contributed by atoms with Crippen LogP contribution in [-0.2, 0) is 16.0 Å². The molecule has 0 aliphatic rings. The first kappa shape index (κ1) is 23.8. The topological polar surface area (TPSA) is 79.5 Å². The second kappa shape index (κ2) is 8.76. The zero-order valence-corrected chi connectivity index (χ0v) is 21.2. The Labute approximate surface area is 205 Å². The van der Waals surface area contributed by atoms with E-state index in [4.69, 9.17) is 9.47 Å². The number of hydrogen-bond donors (Lipinski definition) is 0. The van der Waals surface area contributed by atoms with Crippen LogP contribution in [0, 0.1) is 6.92 Å². The number of pyridine rings is 1. The van der Waals surface area contributed by atoms with Gasteiger partial charge in [-0.15, -0.1) is 0 Å². The van der Waals surface area contributed by atoms with Gasteiger partial charge in [-0.3, -0.25) is 4.79 Å². The molecule has 0 aliphatic carbocycles. The minimum atomic E-state index is -0.675. The van der Waals surface area contributed by atoms with Crippen LogP contribution in [0.1, 0.15) is 42.4 Å². The van der Waals surface area contributed by atoms with Crippen LogP contribution in [0.3, 0.4) is 0 Å². The molecule has 2 aromatic heterocycles. The minimum Gasteiger partial charge on any atom is -0.465 e. The molecule has 2 heterocycles. The van der Waals surface area contributed by atoms with Gasteiger partial charge < -0.3 is 14.0 Å². The van der Waals surface area contributed by atoms with Gasteiger partial charge in [0.05, 0.1) is 30.4 Å². The molecule has 0 atom stereocenters. The van der Waals surface area contributed by atoms with E-state index < -0.39 is 17.7 Å². The van der Waals surface area contributed by atoms with Gasteiger partial charge >= 0.3 is 12.1 Å². The molecule has 176 valence electrons. The summed E-state index contributed by atoms with van der Waals surface area (Å²) in [5.74, 6) is -0.530. The quantitative estimate of drug-likeness (QED) is 0.323. The first-order valence-corrected chi connectivity index (χ1v) is 11.5. The maximum atomic E-state index is 13.4. The maximum Gasteiger partial charge on any atom is 0.419 e. The van der Waals surface area contributed by atoms with Gasteiger partial charge in [0.25, 0.3) is 5.56 Å². The van der Waals surface area contributed by atoms with Gasteiger partial charge in [-0.1, -0.05) is 28.1 Å². The fraction of sp³-hybridized carbons (Fsp3) is 0.269. The Hall–Kier alpha value is -3.39. The fourth-order valence-corrected chi connectivity index (χ4v) is 4.55. The summed E-state index contributed by atoms with van der Waals surface area (Å²) in [4.78, 5) is 38.6. The van der Waals surface area contributed by atoms with Crippen molar-refractivity contribution in [3.05, 3.63) is 80.3 Å². The van der Waals surface area contributed by atoms with E-state index in [1.165, 1.54) is 22.3 Å². The number of aryl methyl sites for hydroxylation is 1. The number of nitrogens with zero attached hydrogens (tertiary/aromatic N) is 2. The van der Waals surface area contributed by atoms with E-state index in [0.29, 0.717) is 26.5 Å². The van der Waals surface area contributed by atoms with Crippen LogP contribution in [0.5, 0.6) is 0 Å². The highest BCUT2D eigenvalue weighted by Crippen LogP contribution is 2.27. The first-order chi connectivity index (χ1) is 16.0. The molecule has 0 saturated carbocycles. The average Bonchev–Trinajstić information content (AvgIpc) is 3.13. The monoisotopic (exact) mass is 524 g/mol. The molecule has 34 heavy (non-hydrogen) atoms. The molecule has 0 spiro atoms. The third-order valence-electron chi connectivity index (χ3n) is 5.51.